The zero-order valence-corrected chi connectivity index (χ0v) is 6.98. The Hall–Kier alpha value is -1.52. The lowest BCUT2D eigenvalue weighted by Gasteiger charge is -2.09. The first-order valence-electron chi connectivity index (χ1n) is 3.60. The van der Waals surface area contributed by atoms with Crippen molar-refractivity contribution in [3.05, 3.63) is 18.0 Å². The number of carbonyl (C=O) groups is 1. The lowest BCUT2D eigenvalue weighted by atomic mass is 10.4. The minimum absolute atomic E-state index is 0.635. The van der Waals surface area contributed by atoms with Gasteiger partial charge in [0.2, 0.25) is 0 Å². The molecule has 2 N–H and O–H groups in total. The molecule has 0 saturated carbocycles. The highest BCUT2D eigenvalue weighted by molar-refractivity contribution is 5.74. The van der Waals surface area contributed by atoms with Crippen molar-refractivity contribution in [2.75, 3.05) is 5.43 Å². The van der Waals surface area contributed by atoms with Crippen LogP contribution in [0.25, 0.3) is 0 Å². The summed E-state index contributed by atoms with van der Waals surface area (Å²) in [6.45, 7) is 3.44. The summed E-state index contributed by atoms with van der Waals surface area (Å²) in [5.41, 5.74) is 3.65. The number of aryl methyl sites for hydroxylation is 1. The summed E-state index contributed by atoms with van der Waals surface area (Å²) in [5, 5.41) is 12.4. The summed E-state index contributed by atoms with van der Waals surface area (Å²) in [7, 11) is 0. The third kappa shape index (κ3) is 1.98. The second-order valence-electron chi connectivity index (χ2n) is 2.65. The summed E-state index contributed by atoms with van der Waals surface area (Å²) < 4.78 is 0. The SMILES string of the molecule is Cc1cnn(NC(C)C(=O)O)c1. The number of carboxylic acids is 1. The highest BCUT2D eigenvalue weighted by Crippen LogP contribution is 1.92. The van der Waals surface area contributed by atoms with Crippen LogP contribution in [0.5, 0.6) is 0 Å². The number of hydrogen-bond donors (Lipinski definition) is 2. The number of nitrogens with one attached hydrogen (secondary N) is 1. The van der Waals surface area contributed by atoms with Crippen molar-refractivity contribution in [1.82, 2.24) is 9.89 Å². The Morgan fingerprint density at radius 2 is 2.50 bits per heavy atom. The van der Waals surface area contributed by atoms with Gasteiger partial charge in [-0.15, -0.1) is 0 Å². The van der Waals surface area contributed by atoms with Crippen molar-refractivity contribution in [1.29, 1.82) is 0 Å². The number of aliphatic carboxylic acids is 1. The normalized spacial score (nSPS) is 12.5. The van der Waals surface area contributed by atoms with Crippen LogP contribution in [0.3, 0.4) is 0 Å². The van der Waals surface area contributed by atoms with Crippen molar-refractivity contribution < 1.29 is 9.90 Å². The maximum Gasteiger partial charge on any atom is 0.327 e. The van der Waals surface area contributed by atoms with Crippen molar-refractivity contribution in [3.8, 4) is 0 Å². The summed E-state index contributed by atoms with van der Waals surface area (Å²) in [6.07, 6.45) is 3.38. The minimum atomic E-state index is -0.900. The molecule has 0 aromatic carbocycles. The van der Waals surface area contributed by atoms with Crippen LogP contribution < -0.4 is 5.43 Å². The maximum atomic E-state index is 10.4. The molecule has 1 aromatic heterocycles. The number of carboxylic acid groups (broad SMARTS) is 1. The van der Waals surface area contributed by atoms with Gasteiger partial charge in [-0.2, -0.15) is 9.89 Å². The van der Waals surface area contributed by atoms with Gasteiger partial charge in [0.15, 0.2) is 0 Å². The molecule has 0 aliphatic heterocycles. The van der Waals surface area contributed by atoms with E-state index in [1.165, 1.54) is 4.79 Å². The summed E-state index contributed by atoms with van der Waals surface area (Å²) in [4.78, 5) is 11.8. The predicted octanol–water partition coefficient (Wildman–Crippen LogP) is 0.208. The van der Waals surface area contributed by atoms with Crippen LogP contribution in [-0.2, 0) is 4.79 Å². The van der Waals surface area contributed by atoms with E-state index in [2.05, 4.69) is 10.5 Å². The highest BCUT2D eigenvalue weighted by Gasteiger charge is 2.09. The molecule has 0 radical (unpaired) electrons. The second kappa shape index (κ2) is 3.25. The smallest absolute Gasteiger partial charge is 0.327 e. The van der Waals surface area contributed by atoms with Gasteiger partial charge in [0.25, 0.3) is 0 Å². The highest BCUT2D eigenvalue weighted by atomic mass is 16.4. The second-order valence-corrected chi connectivity index (χ2v) is 2.65. The fraction of sp³-hybridized carbons (Fsp3) is 0.429. The molecule has 1 aromatic rings. The Balaban J connectivity index is 2.58. The molecule has 0 fully saturated rings. The molecule has 0 aliphatic rings. The van der Waals surface area contributed by atoms with E-state index in [9.17, 15) is 4.79 Å². The molecular formula is C7H11N3O2. The molecule has 5 nitrogen and oxygen atoms in total. The quantitative estimate of drug-likeness (QED) is 0.678. The number of rotatable bonds is 3. The molecule has 1 unspecified atom stereocenters. The molecule has 12 heavy (non-hydrogen) atoms. The lowest BCUT2D eigenvalue weighted by Crippen LogP contribution is -2.32. The van der Waals surface area contributed by atoms with Crippen molar-refractivity contribution in [2.24, 2.45) is 0 Å². The molecule has 5 heteroatoms. The van der Waals surface area contributed by atoms with Crippen molar-refractivity contribution in [2.45, 2.75) is 19.9 Å². The predicted molar refractivity (Wildman–Crippen MR) is 43.4 cm³/mol. The summed E-state index contributed by atoms with van der Waals surface area (Å²) in [5.74, 6) is -0.900. The Labute approximate surface area is 70.0 Å². The van der Waals surface area contributed by atoms with E-state index in [1.54, 1.807) is 19.3 Å². The third-order valence-electron chi connectivity index (χ3n) is 1.41. The van der Waals surface area contributed by atoms with Gasteiger partial charge in [0.05, 0.1) is 12.4 Å². The van der Waals surface area contributed by atoms with Gasteiger partial charge in [-0.05, 0) is 19.4 Å². The van der Waals surface area contributed by atoms with E-state index >= 15 is 0 Å². The molecule has 0 amide bonds. The van der Waals surface area contributed by atoms with E-state index in [4.69, 9.17) is 5.11 Å². The monoisotopic (exact) mass is 169 g/mol. The summed E-state index contributed by atoms with van der Waals surface area (Å²) in [6, 6.07) is -0.635. The van der Waals surface area contributed by atoms with Gasteiger partial charge in [0, 0.05) is 0 Å². The maximum absolute atomic E-state index is 10.4. The Morgan fingerprint density at radius 3 is 2.92 bits per heavy atom. The first-order valence-corrected chi connectivity index (χ1v) is 3.60. The first-order chi connectivity index (χ1) is 5.59. The van der Waals surface area contributed by atoms with Crippen LogP contribution in [0.15, 0.2) is 12.4 Å². The van der Waals surface area contributed by atoms with Crippen molar-refractivity contribution >= 4 is 5.97 Å². The Kier molecular flexibility index (Phi) is 2.32. The zero-order chi connectivity index (χ0) is 9.14. The number of nitrogens with zero attached hydrogens (tertiary/aromatic N) is 2. The Morgan fingerprint density at radius 1 is 1.83 bits per heavy atom. The van der Waals surface area contributed by atoms with Crippen LogP contribution in [0.4, 0.5) is 0 Å². The molecule has 0 aliphatic carbocycles. The van der Waals surface area contributed by atoms with E-state index in [1.807, 2.05) is 6.92 Å². The molecular weight excluding hydrogens is 158 g/mol. The topological polar surface area (TPSA) is 67.2 Å². The molecule has 0 spiro atoms. The first kappa shape index (κ1) is 8.58. The van der Waals surface area contributed by atoms with Crippen LogP contribution >= 0.6 is 0 Å². The number of hydrogen-bond acceptors (Lipinski definition) is 3. The van der Waals surface area contributed by atoms with Gasteiger partial charge >= 0.3 is 5.97 Å². The van der Waals surface area contributed by atoms with Gasteiger partial charge in [0.1, 0.15) is 6.04 Å². The molecule has 0 saturated heterocycles. The van der Waals surface area contributed by atoms with E-state index in [0.717, 1.165) is 5.56 Å². The molecule has 1 rings (SSSR count). The minimum Gasteiger partial charge on any atom is -0.480 e. The standard InChI is InChI=1S/C7H11N3O2/c1-5-3-8-10(4-5)9-6(2)7(11)12/h3-4,6,9H,1-2H3,(H,11,12). The van der Waals surface area contributed by atoms with Gasteiger partial charge in [-0.1, -0.05) is 0 Å². The van der Waals surface area contributed by atoms with Crippen LogP contribution in [0.2, 0.25) is 0 Å². The number of aromatic nitrogens is 2. The van der Waals surface area contributed by atoms with Crippen LogP contribution in [0, 0.1) is 6.92 Å². The van der Waals surface area contributed by atoms with E-state index in [0.29, 0.717) is 0 Å². The average Bonchev–Trinajstić information content (AvgIpc) is 2.35. The van der Waals surface area contributed by atoms with Gasteiger partial charge in [-0.3, -0.25) is 5.43 Å². The van der Waals surface area contributed by atoms with E-state index < -0.39 is 12.0 Å². The van der Waals surface area contributed by atoms with Gasteiger partial charge in [-0.25, -0.2) is 4.79 Å². The molecule has 66 valence electrons. The van der Waals surface area contributed by atoms with Crippen LogP contribution in [0.1, 0.15) is 12.5 Å². The molecule has 0 bridgehead atoms. The fourth-order valence-electron chi connectivity index (χ4n) is 0.737. The Bertz CT molecular complexity index is 282. The zero-order valence-electron chi connectivity index (χ0n) is 6.98. The molecule has 1 atom stereocenters. The largest absolute Gasteiger partial charge is 0.480 e. The van der Waals surface area contributed by atoms with E-state index in [-0.39, 0.29) is 0 Å². The van der Waals surface area contributed by atoms with Crippen molar-refractivity contribution in [3.63, 3.8) is 0 Å². The average molecular weight is 169 g/mol. The third-order valence-corrected chi connectivity index (χ3v) is 1.41. The fourth-order valence-corrected chi connectivity index (χ4v) is 0.737. The lowest BCUT2D eigenvalue weighted by molar-refractivity contribution is -0.137. The summed E-state index contributed by atoms with van der Waals surface area (Å²) >= 11 is 0. The van der Waals surface area contributed by atoms with Crippen LogP contribution in [-0.4, -0.2) is 27.0 Å². The molecule has 1 heterocycles. The van der Waals surface area contributed by atoms with Gasteiger partial charge < -0.3 is 5.11 Å².